The van der Waals surface area contributed by atoms with Crippen LogP contribution in [0.3, 0.4) is 0 Å². The van der Waals surface area contributed by atoms with E-state index in [0.717, 1.165) is 0 Å². The summed E-state index contributed by atoms with van der Waals surface area (Å²) >= 11 is 0. The standard InChI is InChI=1S/C10H8N4O2/c11-9-7(10-12-5-2-6-13-10)3-1-4-8(9)14(15)16/h1-6H,11H2. The number of hydrogen-bond acceptors (Lipinski definition) is 5. The van der Waals surface area contributed by atoms with Crippen molar-refractivity contribution in [1.82, 2.24) is 9.97 Å². The number of para-hydroxylation sites is 1. The molecule has 0 saturated carbocycles. The molecule has 0 aliphatic rings. The van der Waals surface area contributed by atoms with Gasteiger partial charge in [0.1, 0.15) is 5.69 Å². The molecule has 6 heteroatoms. The minimum Gasteiger partial charge on any atom is -0.393 e. The minimum atomic E-state index is -0.526. The maximum Gasteiger partial charge on any atom is 0.292 e. The molecule has 0 unspecified atom stereocenters. The van der Waals surface area contributed by atoms with Gasteiger partial charge in [0.2, 0.25) is 0 Å². The maximum absolute atomic E-state index is 10.7. The zero-order valence-electron chi connectivity index (χ0n) is 8.20. The summed E-state index contributed by atoms with van der Waals surface area (Å²) in [6, 6.07) is 6.22. The van der Waals surface area contributed by atoms with E-state index in [4.69, 9.17) is 5.73 Å². The Kier molecular flexibility index (Phi) is 2.47. The number of hydrogen-bond donors (Lipinski definition) is 1. The summed E-state index contributed by atoms with van der Waals surface area (Å²) in [4.78, 5) is 18.2. The van der Waals surface area contributed by atoms with Crippen molar-refractivity contribution in [3.05, 3.63) is 46.8 Å². The summed E-state index contributed by atoms with van der Waals surface area (Å²) < 4.78 is 0. The Bertz CT molecular complexity index is 528. The van der Waals surface area contributed by atoms with E-state index in [1.165, 1.54) is 6.07 Å². The molecule has 0 amide bonds. The molecule has 0 radical (unpaired) electrons. The molecule has 1 heterocycles. The quantitative estimate of drug-likeness (QED) is 0.467. The van der Waals surface area contributed by atoms with Gasteiger partial charge in [0.15, 0.2) is 5.82 Å². The Morgan fingerprint density at radius 2 is 1.88 bits per heavy atom. The van der Waals surface area contributed by atoms with E-state index in [9.17, 15) is 10.1 Å². The minimum absolute atomic E-state index is 0.0821. The van der Waals surface area contributed by atoms with Gasteiger partial charge in [-0.1, -0.05) is 6.07 Å². The zero-order valence-corrected chi connectivity index (χ0v) is 8.20. The Hall–Kier alpha value is -2.50. The number of nitro groups is 1. The van der Waals surface area contributed by atoms with Crippen LogP contribution in [-0.2, 0) is 0 Å². The van der Waals surface area contributed by atoms with E-state index >= 15 is 0 Å². The zero-order chi connectivity index (χ0) is 11.5. The van der Waals surface area contributed by atoms with Crippen molar-refractivity contribution in [1.29, 1.82) is 0 Å². The van der Waals surface area contributed by atoms with E-state index in [2.05, 4.69) is 9.97 Å². The fourth-order valence-electron chi connectivity index (χ4n) is 1.35. The Labute approximate surface area is 90.9 Å². The number of benzene rings is 1. The number of nitro benzene ring substituents is 1. The molecule has 6 nitrogen and oxygen atoms in total. The molecule has 0 bridgehead atoms. The number of nitrogens with two attached hydrogens (primary N) is 1. The molecule has 0 saturated heterocycles. The molecular formula is C10H8N4O2. The Balaban J connectivity index is 2.59. The van der Waals surface area contributed by atoms with Crippen LogP contribution in [0.5, 0.6) is 0 Å². The van der Waals surface area contributed by atoms with Crippen LogP contribution >= 0.6 is 0 Å². The number of nitrogens with zero attached hydrogens (tertiary/aromatic N) is 3. The highest BCUT2D eigenvalue weighted by atomic mass is 16.6. The second kappa shape index (κ2) is 3.93. The molecule has 2 N–H and O–H groups in total. The van der Waals surface area contributed by atoms with E-state index in [-0.39, 0.29) is 11.4 Å². The number of rotatable bonds is 2. The van der Waals surface area contributed by atoms with Crippen molar-refractivity contribution in [2.45, 2.75) is 0 Å². The highest BCUT2D eigenvalue weighted by Crippen LogP contribution is 2.30. The molecule has 0 aliphatic heterocycles. The van der Waals surface area contributed by atoms with Crippen molar-refractivity contribution < 1.29 is 4.92 Å². The highest BCUT2D eigenvalue weighted by molar-refractivity contribution is 5.78. The first-order chi connectivity index (χ1) is 7.70. The summed E-state index contributed by atoms with van der Waals surface area (Å²) in [5.74, 6) is 0.378. The maximum atomic E-state index is 10.7. The molecule has 2 rings (SSSR count). The molecule has 0 spiro atoms. The average molecular weight is 216 g/mol. The van der Waals surface area contributed by atoms with E-state index in [1.807, 2.05) is 0 Å². The summed E-state index contributed by atoms with van der Waals surface area (Å²) in [5.41, 5.74) is 6.11. The first-order valence-electron chi connectivity index (χ1n) is 4.50. The van der Waals surface area contributed by atoms with Crippen LogP contribution in [0.2, 0.25) is 0 Å². The van der Waals surface area contributed by atoms with Crippen LogP contribution in [0.4, 0.5) is 11.4 Å². The van der Waals surface area contributed by atoms with Gasteiger partial charge in [0.05, 0.1) is 4.92 Å². The van der Waals surface area contributed by atoms with E-state index in [1.54, 1.807) is 30.6 Å². The second-order valence-corrected chi connectivity index (χ2v) is 3.07. The predicted molar refractivity (Wildman–Crippen MR) is 58.5 cm³/mol. The number of nitrogen functional groups attached to an aromatic ring is 1. The lowest BCUT2D eigenvalue weighted by Crippen LogP contribution is -1.99. The third-order valence-corrected chi connectivity index (χ3v) is 2.09. The van der Waals surface area contributed by atoms with Gasteiger partial charge in [0, 0.05) is 24.0 Å². The average Bonchev–Trinajstić information content (AvgIpc) is 2.30. The fourth-order valence-corrected chi connectivity index (χ4v) is 1.35. The summed E-state index contributed by atoms with van der Waals surface area (Å²) in [5, 5.41) is 10.7. The highest BCUT2D eigenvalue weighted by Gasteiger charge is 2.16. The second-order valence-electron chi connectivity index (χ2n) is 3.07. The number of aromatic nitrogens is 2. The lowest BCUT2D eigenvalue weighted by Gasteiger charge is -2.03. The third kappa shape index (κ3) is 1.68. The van der Waals surface area contributed by atoms with E-state index in [0.29, 0.717) is 11.4 Å². The fraction of sp³-hybridized carbons (Fsp3) is 0. The topological polar surface area (TPSA) is 94.9 Å². The van der Waals surface area contributed by atoms with Gasteiger partial charge in [-0.15, -0.1) is 0 Å². The van der Waals surface area contributed by atoms with Crippen LogP contribution in [0.25, 0.3) is 11.4 Å². The summed E-state index contributed by atoms with van der Waals surface area (Å²) in [6.45, 7) is 0. The van der Waals surface area contributed by atoms with E-state index < -0.39 is 4.92 Å². The molecule has 16 heavy (non-hydrogen) atoms. The van der Waals surface area contributed by atoms with Crippen LogP contribution in [0.1, 0.15) is 0 Å². The van der Waals surface area contributed by atoms with Gasteiger partial charge in [-0.25, -0.2) is 9.97 Å². The van der Waals surface area contributed by atoms with Crippen molar-refractivity contribution in [3.63, 3.8) is 0 Å². The molecule has 0 fully saturated rings. The van der Waals surface area contributed by atoms with Gasteiger partial charge in [-0.2, -0.15) is 0 Å². The van der Waals surface area contributed by atoms with Gasteiger partial charge in [-0.05, 0) is 12.1 Å². The molecule has 1 aromatic heterocycles. The molecular weight excluding hydrogens is 208 g/mol. The summed E-state index contributed by atoms with van der Waals surface area (Å²) in [6.07, 6.45) is 3.11. The van der Waals surface area contributed by atoms with Gasteiger partial charge in [0.25, 0.3) is 5.69 Å². The SMILES string of the molecule is Nc1c(-c2ncccn2)cccc1[N+](=O)[O-]. The first-order valence-corrected chi connectivity index (χ1v) is 4.50. The third-order valence-electron chi connectivity index (χ3n) is 2.09. The van der Waals surface area contributed by atoms with Gasteiger partial charge >= 0.3 is 0 Å². The van der Waals surface area contributed by atoms with Gasteiger partial charge < -0.3 is 5.73 Å². The first kappa shape index (κ1) is 10.0. The normalized spacial score (nSPS) is 10.0. The predicted octanol–water partition coefficient (Wildman–Crippen LogP) is 1.63. The number of anilines is 1. The Morgan fingerprint density at radius 3 is 2.50 bits per heavy atom. The van der Waals surface area contributed by atoms with Crippen molar-refractivity contribution in [2.24, 2.45) is 0 Å². The van der Waals surface area contributed by atoms with Crippen LogP contribution in [0, 0.1) is 10.1 Å². The largest absolute Gasteiger partial charge is 0.393 e. The summed E-state index contributed by atoms with van der Waals surface area (Å²) in [7, 11) is 0. The smallest absolute Gasteiger partial charge is 0.292 e. The lowest BCUT2D eigenvalue weighted by atomic mass is 10.1. The van der Waals surface area contributed by atoms with Crippen molar-refractivity contribution in [3.8, 4) is 11.4 Å². The monoisotopic (exact) mass is 216 g/mol. The molecule has 80 valence electrons. The van der Waals surface area contributed by atoms with Gasteiger partial charge in [-0.3, -0.25) is 10.1 Å². The van der Waals surface area contributed by atoms with Crippen LogP contribution < -0.4 is 5.73 Å². The molecule has 2 aromatic rings. The molecule has 1 aromatic carbocycles. The van der Waals surface area contributed by atoms with Crippen LogP contribution in [-0.4, -0.2) is 14.9 Å². The molecule has 0 aliphatic carbocycles. The lowest BCUT2D eigenvalue weighted by molar-refractivity contribution is -0.383. The molecule has 0 atom stereocenters. The van der Waals surface area contributed by atoms with Crippen molar-refractivity contribution >= 4 is 11.4 Å². The Morgan fingerprint density at radius 1 is 1.19 bits per heavy atom. The van der Waals surface area contributed by atoms with Crippen molar-refractivity contribution in [2.75, 3.05) is 5.73 Å². The van der Waals surface area contributed by atoms with Crippen LogP contribution in [0.15, 0.2) is 36.7 Å².